The van der Waals surface area contributed by atoms with Crippen LogP contribution in [0.4, 0.5) is 0 Å². The van der Waals surface area contributed by atoms with E-state index in [2.05, 4.69) is 43.5 Å². The van der Waals surface area contributed by atoms with Gasteiger partial charge in [0, 0.05) is 0 Å². The van der Waals surface area contributed by atoms with Gasteiger partial charge in [0.15, 0.2) is 0 Å². The molecule has 0 aromatic rings. The Kier molecular flexibility index (Phi) is 53.7. The lowest BCUT2D eigenvalue weighted by Crippen LogP contribution is -2.53. The van der Waals surface area contributed by atoms with E-state index in [0.717, 1.165) is 57.8 Å². The SMILES string of the molecule is CCCCCCCCCCC/C=C\C/C=C\CCCCCCCCC(O)C(=O)NC(CO)C(O)C(O)CCCCCCCCCCCCCCCCCCCCCCCCCCCCCC. The first kappa shape index (κ1) is 64.8. The van der Waals surface area contributed by atoms with E-state index in [0.29, 0.717) is 12.8 Å². The summed E-state index contributed by atoms with van der Waals surface area (Å²) in [5.41, 5.74) is 0. The van der Waals surface area contributed by atoms with Gasteiger partial charge in [0.1, 0.15) is 12.2 Å². The van der Waals surface area contributed by atoms with E-state index in [-0.39, 0.29) is 0 Å². The van der Waals surface area contributed by atoms with Gasteiger partial charge >= 0.3 is 0 Å². The second-order valence-corrected chi connectivity index (χ2v) is 20.7. The van der Waals surface area contributed by atoms with Gasteiger partial charge in [0.05, 0.1) is 18.8 Å². The normalized spacial score (nSPS) is 13.8. The highest BCUT2D eigenvalue weighted by atomic mass is 16.3. The van der Waals surface area contributed by atoms with Crippen LogP contribution in [0.25, 0.3) is 0 Å². The molecule has 0 fully saturated rings. The molecule has 0 saturated heterocycles. The van der Waals surface area contributed by atoms with Crippen molar-refractivity contribution < 1.29 is 25.2 Å². The summed E-state index contributed by atoms with van der Waals surface area (Å²) in [5.74, 6) is -0.587. The summed E-state index contributed by atoms with van der Waals surface area (Å²) in [4.78, 5) is 12.6. The fourth-order valence-corrected chi connectivity index (χ4v) is 9.50. The first-order chi connectivity index (χ1) is 32.5. The van der Waals surface area contributed by atoms with E-state index in [1.807, 2.05) is 0 Å². The molecule has 0 aliphatic carbocycles. The van der Waals surface area contributed by atoms with Crippen molar-refractivity contribution in [3.8, 4) is 0 Å². The van der Waals surface area contributed by atoms with Crippen molar-refractivity contribution in [3.05, 3.63) is 24.3 Å². The number of hydrogen-bond acceptors (Lipinski definition) is 5. The molecule has 0 aliphatic rings. The van der Waals surface area contributed by atoms with Crippen molar-refractivity contribution in [2.45, 2.75) is 346 Å². The fraction of sp³-hybridized carbons (Fsp3) is 0.917. The van der Waals surface area contributed by atoms with E-state index in [4.69, 9.17) is 0 Å². The fourth-order valence-electron chi connectivity index (χ4n) is 9.50. The van der Waals surface area contributed by atoms with Crippen molar-refractivity contribution in [2.24, 2.45) is 0 Å². The minimum absolute atomic E-state index is 0.359. The second kappa shape index (κ2) is 54.7. The van der Waals surface area contributed by atoms with Crippen LogP contribution in [-0.4, -0.2) is 57.3 Å². The molecule has 0 spiro atoms. The predicted molar refractivity (Wildman–Crippen MR) is 288 cm³/mol. The van der Waals surface area contributed by atoms with Gasteiger partial charge < -0.3 is 25.7 Å². The zero-order valence-electron chi connectivity index (χ0n) is 44.5. The summed E-state index contributed by atoms with van der Waals surface area (Å²) >= 11 is 0. The quantitative estimate of drug-likeness (QED) is 0.0308. The molecule has 0 bridgehead atoms. The average Bonchev–Trinajstić information content (AvgIpc) is 3.32. The van der Waals surface area contributed by atoms with E-state index in [1.54, 1.807) is 0 Å². The number of aliphatic hydroxyl groups excluding tert-OH is 4. The molecule has 66 heavy (non-hydrogen) atoms. The lowest BCUT2D eigenvalue weighted by Gasteiger charge is -2.27. The number of aliphatic hydroxyl groups is 4. The summed E-state index contributed by atoms with van der Waals surface area (Å²) in [6.07, 6.45) is 66.8. The Morgan fingerprint density at radius 3 is 0.955 bits per heavy atom. The number of carbonyl (C=O) groups is 1. The zero-order valence-corrected chi connectivity index (χ0v) is 44.5. The molecule has 392 valence electrons. The Morgan fingerprint density at radius 2 is 0.652 bits per heavy atom. The molecule has 0 aliphatic heterocycles. The molecule has 0 saturated carbocycles. The number of unbranched alkanes of at least 4 members (excludes halogenated alkanes) is 42. The van der Waals surface area contributed by atoms with Crippen molar-refractivity contribution in [1.29, 1.82) is 0 Å². The summed E-state index contributed by atoms with van der Waals surface area (Å²) in [6, 6.07) is -0.990. The highest BCUT2D eigenvalue weighted by Gasteiger charge is 2.28. The largest absolute Gasteiger partial charge is 0.394 e. The summed E-state index contributed by atoms with van der Waals surface area (Å²) < 4.78 is 0. The highest BCUT2D eigenvalue weighted by Crippen LogP contribution is 2.18. The molecule has 1 amide bonds. The van der Waals surface area contributed by atoms with Crippen LogP contribution in [0.2, 0.25) is 0 Å². The molecular weight excluding hydrogens is 815 g/mol. The Hall–Kier alpha value is -1.21. The number of amides is 1. The van der Waals surface area contributed by atoms with Gasteiger partial charge in [-0.3, -0.25) is 4.79 Å². The molecule has 5 N–H and O–H groups in total. The molecular formula is C60H117NO5. The van der Waals surface area contributed by atoms with Gasteiger partial charge in [-0.2, -0.15) is 0 Å². The lowest BCUT2D eigenvalue weighted by atomic mass is 9.99. The Balaban J connectivity index is 3.61. The van der Waals surface area contributed by atoms with Crippen LogP contribution in [0.15, 0.2) is 24.3 Å². The second-order valence-electron chi connectivity index (χ2n) is 20.7. The third kappa shape index (κ3) is 47.8. The van der Waals surface area contributed by atoms with Crippen LogP contribution in [0.3, 0.4) is 0 Å². The number of nitrogens with one attached hydrogen (secondary N) is 1. The minimum Gasteiger partial charge on any atom is -0.394 e. The average molecular weight is 933 g/mol. The maximum atomic E-state index is 12.6. The van der Waals surface area contributed by atoms with Gasteiger partial charge in [-0.05, 0) is 44.9 Å². The molecule has 4 atom stereocenters. The summed E-state index contributed by atoms with van der Waals surface area (Å²) in [6.45, 7) is 4.09. The summed E-state index contributed by atoms with van der Waals surface area (Å²) in [5, 5.41) is 44.1. The Bertz CT molecular complexity index is 1000. The molecule has 0 heterocycles. The van der Waals surface area contributed by atoms with Crippen molar-refractivity contribution >= 4 is 5.91 Å². The van der Waals surface area contributed by atoms with E-state index in [1.165, 1.54) is 238 Å². The number of allylic oxidation sites excluding steroid dienone is 4. The maximum absolute atomic E-state index is 12.6. The van der Waals surface area contributed by atoms with Crippen molar-refractivity contribution in [2.75, 3.05) is 6.61 Å². The number of hydrogen-bond donors (Lipinski definition) is 5. The van der Waals surface area contributed by atoms with Crippen LogP contribution < -0.4 is 5.32 Å². The van der Waals surface area contributed by atoms with Crippen LogP contribution >= 0.6 is 0 Å². The third-order valence-electron chi connectivity index (χ3n) is 14.2. The van der Waals surface area contributed by atoms with Crippen LogP contribution in [0.1, 0.15) is 322 Å². The van der Waals surface area contributed by atoms with Crippen LogP contribution in [0, 0.1) is 0 Å². The van der Waals surface area contributed by atoms with Crippen LogP contribution in [0.5, 0.6) is 0 Å². The number of carbonyl (C=O) groups excluding carboxylic acids is 1. The third-order valence-corrected chi connectivity index (χ3v) is 14.2. The molecule has 6 nitrogen and oxygen atoms in total. The smallest absolute Gasteiger partial charge is 0.249 e. The highest BCUT2D eigenvalue weighted by molar-refractivity contribution is 5.80. The van der Waals surface area contributed by atoms with Gasteiger partial charge in [0.25, 0.3) is 0 Å². The molecule has 0 rings (SSSR count). The molecule has 6 heteroatoms. The zero-order chi connectivity index (χ0) is 48.1. The topological polar surface area (TPSA) is 110 Å². The van der Waals surface area contributed by atoms with Crippen molar-refractivity contribution in [1.82, 2.24) is 5.32 Å². The minimum atomic E-state index is -1.26. The maximum Gasteiger partial charge on any atom is 0.249 e. The van der Waals surface area contributed by atoms with E-state index < -0.39 is 36.9 Å². The van der Waals surface area contributed by atoms with Gasteiger partial charge in [-0.25, -0.2) is 0 Å². The predicted octanol–water partition coefficient (Wildman–Crippen LogP) is 17.4. The van der Waals surface area contributed by atoms with Gasteiger partial charge in [0.2, 0.25) is 5.91 Å². The first-order valence-corrected chi connectivity index (χ1v) is 29.7. The Morgan fingerprint density at radius 1 is 0.379 bits per heavy atom. The summed E-state index contributed by atoms with van der Waals surface area (Å²) in [7, 11) is 0. The van der Waals surface area contributed by atoms with Gasteiger partial charge in [-0.15, -0.1) is 0 Å². The first-order valence-electron chi connectivity index (χ1n) is 29.7. The monoisotopic (exact) mass is 932 g/mol. The van der Waals surface area contributed by atoms with E-state index in [9.17, 15) is 25.2 Å². The van der Waals surface area contributed by atoms with Crippen LogP contribution in [-0.2, 0) is 4.79 Å². The Labute approximate surface area is 412 Å². The molecule has 0 aromatic heterocycles. The molecule has 0 radical (unpaired) electrons. The van der Waals surface area contributed by atoms with E-state index >= 15 is 0 Å². The molecule has 4 unspecified atom stereocenters. The van der Waals surface area contributed by atoms with Gasteiger partial charge in [-0.1, -0.05) is 301 Å². The standard InChI is InChI=1S/C60H117NO5/c1-3-5-7-9-11-13-15-17-19-21-23-25-27-28-29-30-31-32-34-35-37-39-41-43-45-47-49-51-53-57(63)59(65)56(55-62)61-60(66)58(64)54-52-50-48-46-44-42-40-38-36-33-26-24-22-20-18-16-14-12-10-8-6-4-2/h24,26,36,38,56-59,62-65H,3-23,25,27-35,37,39-55H2,1-2H3,(H,61,66)/b26-24-,38-36-. The number of rotatable bonds is 55. The lowest BCUT2D eigenvalue weighted by molar-refractivity contribution is -0.132. The van der Waals surface area contributed by atoms with Crippen molar-refractivity contribution in [3.63, 3.8) is 0 Å². The molecule has 0 aromatic carbocycles.